The Kier molecular flexibility index (Phi) is 3.08. The van der Waals surface area contributed by atoms with Crippen molar-refractivity contribution in [1.82, 2.24) is 19.5 Å². The van der Waals surface area contributed by atoms with Crippen molar-refractivity contribution in [3.63, 3.8) is 0 Å². The fourth-order valence-corrected chi connectivity index (χ4v) is 2.42. The van der Waals surface area contributed by atoms with Crippen molar-refractivity contribution in [3.05, 3.63) is 51.6 Å². The summed E-state index contributed by atoms with van der Waals surface area (Å²) in [6.45, 7) is 2.63. The molecule has 0 aromatic carbocycles. The molecule has 0 saturated carbocycles. The lowest BCUT2D eigenvalue weighted by molar-refractivity contribution is 0.770. The predicted molar refractivity (Wildman–Crippen MR) is 78.0 cm³/mol. The van der Waals surface area contributed by atoms with Crippen LogP contribution in [0.4, 0.5) is 0 Å². The fourth-order valence-electron chi connectivity index (χ4n) is 2.00. The largest absolute Gasteiger partial charge is 0.329 e. The van der Waals surface area contributed by atoms with Gasteiger partial charge in [-0.1, -0.05) is 17.7 Å². The topological polar surface area (TPSA) is 46.5 Å². The zero-order chi connectivity index (χ0) is 13.4. The number of aromatic amines is 1. The molecule has 0 aliphatic carbocycles. The van der Waals surface area contributed by atoms with Gasteiger partial charge in [-0.2, -0.15) is 0 Å². The molecule has 0 spiro atoms. The lowest BCUT2D eigenvalue weighted by atomic mass is 10.2. The second kappa shape index (κ2) is 4.75. The number of nitrogens with one attached hydrogen (secondary N) is 1. The molecule has 1 N–H and O–H groups in total. The number of hydrogen-bond acceptors (Lipinski definition) is 3. The van der Waals surface area contributed by atoms with E-state index in [1.165, 1.54) is 0 Å². The molecule has 96 valence electrons. The van der Waals surface area contributed by atoms with Crippen LogP contribution in [0.5, 0.6) is 0 Å². The maximum Gasteiger partial charge on any atom is 0.179 e. The Morgan fingerprint density at radius 1 is 1.42 bits per heavy atom. The second-order valence-corrected chi connectivity index (χ2v) is 5.13. The number of nitrogens with zero attached hydrogens (tertiary/aromatic N) is 3. The molecule has 0 aliphatic rings. The van der Waals surface area contributed by atoms with Gasteiger partial charge < -0.3 is 4.98 Å². The number of hydrogen-bond donors (Lipinski definition) is 1. The SMILES string of the molecule is Cc1cccnc1Cn1c(=S)[nH]c2cc(Cl)cnc21. The first kappa shape index (κ1) is 12.3. The van der Waals surface area contributed by atoms with E-state index in [4.69, 9.17) is 23.8 Å². The molecule has 4 nitrogen and oxygen atoms in total. The van der Waals surface area contributed by atoms with E-state index < -0.39 is 0 Å². The van der Waals surface area contributed by atoms with Gasteiger partial charge in [0.05, 0.1) is 22.8 Å². The maximum atomic E-state index is 5.93. The molecule has 3 aromatic rings. The summed E-state index contributed by atoms with van der Waals surface area (Å²) in [4.78, 5) is 11.8. The van der Waals surface area contributed by atoms with Crippen molar-refractivity contribution in [2.45, 2.75) is 13.5 Å². The zero-order valence-electron chi connectivity index (χ0n) is 10.2. The maximum absolute atomic E-state index is 5.93. The molecule has 0 radical (unpaired) electrons. The predicted octanol–water partition coefficient (Wildman–Crippen LogP) is 3.50. The summed E-state index contributed by atoms with van der Waals surface area (Å²) in [6.07, 6.45) is 3.40. The zero-order valence-corrected chi connectivity index (χ0v) is 11.8. The molecule has 0 aliphatic heterocycles. The Morgan fingerprint density at radius 3 is 3.05 bits per heavy atom. The van der Waals surface area contributed by atoms with Gasteiger partial charge in [-0.05, 0) is 36.8 Å². The molecule has 0 fully saturated rings. The molecule has 3 rings (SSSR count). The first-order valence-corrected chi connectivity index (χ1v) is 6.58. The molecule has 0 saturated heterocycles. The highest BCUT2D eigenvalue weighted by Gasteiger charge is 2.08. The minimum atomic E-state index is 0.588. The van der Waals surface area contributed by atoms with Crippen LogP contribution in [0, 0.1) is 11.7 Å². The van der Waals surface area contributed by atoms with Gasteiger partial charge in [-0.25, -0.2) is 4.98 Å². The van der Waals surface area contributed by atoms with Crippen molar-refractivity contribution < 1.29 is 0 Å². The van der Waals surface area contributed by atoms with Gasteiger partial charge in [0.2, 0.25) is 0 Å². The molecule has 0 amide bonds. The lowest BCUT2D eigenvalue weighted by Gasteiger charge is -2.06. The van der Waals surface area contributed by atoms with Crippen molar-refractivity contribution in [2.24, 2.45) is 0 Å². The van der Waals surface area contributed by atoms with Gasteiger partial charge >= 0.3 is 0 Å². The molecule has 19 heavy (non-hydrogen) atoms. The van der Waals surface area contributed by atoms with Gasteiger partial charge in [-0.3, -0.25) is 9.55 Å². The van der Waals surface area contributed by atoms with Crippen LogP contribution in [0.1, 0.15) is 11.3 Å². The van der Waals surface area contributed by atoms with E-state index in [0.29, 0.717) is 16.3 Å². The van der Waals surface area contributed by atoms with E-state index in [1.54, 1.807) is 12.4 Å². The summed E-state index contributed by atoms with van der Waals surface area (Å²) in [5.74, 6) is 0. The van der Waals surface area contributed by atoms with Gasteiger partial charge in [-0.15, -0.1) is 0 Å². The standard InChI is InChI=1S/C13H11ClN4S/c1-8-3-2-4-15-11(8)7-18-12-10(17-13(18)19)5-9(14)6-16-12/h2-6H,7H2,1H3,(H,17,19). The van der Waals surface area contributed by atoms with Crippen molar-refractivity contribution in [3.8, 4) is 0 Å². The summed E-state index contributed by atoms with van der Waals surface area (Å²) in [5.41, 5.74) is 3.74. The average molecular weight is 291 g/mol. The molecule has 0 unspecified atom stereocenters. The Labute approximate surface area is 120 Å². The highest BCUT2D eigenvalue weighted by Crippen LogP contribution is 2.17. The number of rotatable bonds is 2. The summed E-state index contributed by atoms with van der Waals surface area (Å²) in [7, 11) is 0. The molecular formula is C13H11ClN4S. The summed E-state index contributed by atoms with van der Waals surface area (Å²) in [6, 6.07) is 5.78. The summed E-state index contributed by atoms with van der Waals surface area (Å²) >= 11 is 11.3. The van der Waals surface area contributed by atoms with E-state index in [2.05, 4.69) is 15.0 Å². The Morgan fingerprint density at radius 2 is 2.26 bits per heavy atom. The highest BCUT2D eigenvalue weighted by atomic mass is 35.5. The average Bonchev–Trinajstić information content (AvgIpc) is 2.68. The van der Waals surface area contributed by atoms with Crippen molar-refractivity contribution >= 4 is 35.0 Å². The number of imidazole rings is 1. The van der Waals surface area contributed by atoms with Crippen LogP contribution in [-0.4, -0.2) is 19.5 Å². The molecule has 0 atom stereocenters. The third kappa shape index (κ3) is 2.27. The molecular weight excluding hydrogens is 280 g/mol. The Balaban J connectivity index is 2.13. The van der Waals surface area contributed by atoms with E-state index in [-0.39, 0.29) is 0 Å². The van der Waals surface area contributed by atoms with Gasteiger partial charge in [0.25, 0.3) is 0 Å². The summed E-state index contributed by atoms with van der Waals surface area (Å²) in [5, 5.41) is 0.588. The minimum absolute atomic E-state index is 0.588. The number of aryl methyl sites for hydroxylation is 1. The monoisotopic (exact) mass is 290 g/mol. The van der Waals surface area contributed by atoms with Crippen LogP contribution < -0.4 is 0 Å². The molecule has 0 bridgehead atoms. The quantitative estimate of drug-likeness (QED) is 0.735. The third-order valence-corrected chi connectivity index (χ3v) is 3.53. The summed E-state index contributed by atoms with van der Waals surface area (Å²) < 4.78 is 2.55. The number of fused-ring (bicyclic) bond motifs is 1. The number of H-pyrrole nitrogens is 1. The molecule has 3 aromatic heterocycles. The number of halogens is 1. The van der Waals surface area contributed by atoms with E-state index >= 15 is 0 Å². The van der Waals surface area contributed by atoms with Crippen LogP contribution >= 0.6 is 23.8 Å². The highest BCUT2D eigenvalue weighted by molar-refractivity contribution is 7.71. The van der Waals surface area contributed by atoms with E-state index in [0.717, 1.165) is 22.4 Å². The van der Waals surface area contributed by atoms with Crippen LogP contribution in [-0.2, 0) is 6.54 Å². The molecule has 6 heteroatoms. The van der Waals surface area contributed by atoms with Gasteiger partial charge in [0.15, 0.2) is 10.4 Å². The van der Waals surface area contributed by atoms with Crippen LogP contribution in [0.15, 0.2) is 30.6 Å². The smallest absolute Gasteiger partial charge is 0.179 e. The van der Waals surface area contributed by atoms with Crippen LogP contribution in [0.2, 0.25) is 5.02 Å². The molecule has 3 heterocycles. The first-order valence-electron chi connectivity index (χ1n) is 5.80. The van der Waals surface area contributed by atoms with Crippen molar-refractivity contribution in [2.75, 3.05) is 0 Å². The van der Waals surface area contributed by atoms with Gasteiger partial charge in [0, 0.05) is 12.4 Å². The number of pyridine rings is 2. The second-order valence-electron chi connectivity index (χ2n) is 4.31. The first-order chi connectivity index (χ1) is 9.15. The van der Waals surface area contributed by atoms with E-state index in [1.807, 2.05) is 29.7 Å². The third-order valence-electron chi connectivity index (χ3n) is 3.00. The van der Waals surface area contributed by atoms with Gasteiger partial charge in [0.1, 0.15) is 0 Å². The Bertz CT molecular complexity index is 806. The van der Waals surface area contributed by atoms with Crippen LogP contribution in [0.3, 0.4) is 0 Å². The number of aromatic nitrogens is 4. The van der Waals surface area contributed by atoms with E-state index in [9.17, 15) is 0 Å². The van der Waals surface area contributed by atoms with Crippen LogP contribution in [0.25, 0.3) is 11.2 Å². The normalized spacial score (nSPS) is 11.1. The Hall–Kier alpha value is -1.72. The lowest BCUT2D eigenvalue weighted by Crippen LogP contribution is -2.04. The van der Waals surface area contributed by atoms with Crippen molar-refractivity contribution in [1.29, 1.82) is 0 Å². The fraction of sp³-hybridized carbons (Fsp3) is 0.154. The minimum Gasteiger partial charge on any atom is -0.329 e.